The van der Waals surface area contributed by atoms with Gasteiger partial charge in [-0.05, 0) is 67.8 Å². The fourth-order valence-corrected chi connectivity index (χ4v) is 9.04. The first-order valence-corrected chi connectivity index (χ1v) is 13.6. The van der Waals surface area contributed by atoms with Gasteiger partial charge < -0.3 is 15.3 Å². The van der Waals surface area contributed by atoms with E-state index in [1.165, 1.54) is 0 Å². The van der Waals surface area contributed by atoms with Crippen LogP contribution in [0.25, 0.3) is 0 Å². The molecule has 8 unspecified atom stereocenters. The molecule has 0 spiro atoms. The topological polar surface area (TPSA) is 112 Å². The van der Waals surface area contributed by atoms with Gasteiger partial charge >= 0.3 is 5.97 Å². The van der Waals surface area contributed by atoms with Gasteiger partial charge in [0.1, 0.15) is 5.78 Å². The largest absolute Gasteiger partial charge is 0.478 e. The van der Waals surface area contributed by atoms with E-state index in [4.69, 9.17) is 5.11 Å². The minimum Gasteiger partial charge on any atom is -0.478 e. The minimum absolute atomic E-state index is 0.0642. The van der Waals surface area contributed by atoms with Crippen LogP contribution in [0, 0.1) is 39.4 Å². The molecule has 0 heterocycles. The molecule has 0 aliphatic heterocycles. The first kappa shape index (κ1) is 27.3. The van der Waals surface area contributed by atoms with Gasteiger partial charge in [-0.15, -0.1) is 0 Å². The Balaban J connectivity index is 1.75. The lowest BCUT2D eigenvalue weighted by atomic mass is 9.42. The zero-order chi connectivity index (χ0) is 27.0. The van der Waals surface area contributed by atoms with Crippen LogP contribution in [0.2, 0.25) is 0 Å². The van der Waals surface area contributed by atoms with Gasteiger partial charge in [-0.25, -0.2) is 4.79 Å². The Morgan fingerprint density at radius 1 is 1.11 bits per heavy atom. The van der Waals surface area contributed by atoms with Crippen LogP contribution in [0.5, 0.6) is 0 Å². The zero-order valence-electron chi connectivity index (χ0n) is 23.0. The number of carboxylic acids is 1. The molecule has 0 amide bonds. The standard InChI is InChI=1S/C30H44O6/c1-16(9-8-10-17(2)26(35)36)18-13-23(34)30(7)25-19(31)14-21-27(3,4)22(33)11-12-28(21,5)24(25)20(32)15-29(18,30)6/h10,16,18-19,21,23,31,34H,8-9,11-15H2,1-7H3,(H,35,36). The molecule has 0 aromatic carbocycles. The maximum atomic E-state index is 14.1. The van der Waals surface area contributed by atoms with Crippen molar-refractivity contribution >= 4 is 17.5 Å². The number of hydrogen-bond acceptors (Lipinski definition) is 5. The fourth-order valence-electron chi connectivity index (χ4n) is 9.04. The van der Waals surface area contributed by atoms with Crippen LogP contribution in [0.4, 0.5) is 0 Å². The molecule has 2 fully saturated rings. The predicted octanol–water partition coefficient (Wildman–Crippen LogP) is 4.87. The van der Waals surface area contributed by atoms with E-state index in [2.05, 4.69) is 20.8 Å². The molecule has 4 aliphatic carbocycles. The second kappa shape index (κ2) is 8.62. The van der Waals surface area contributed by atoms with Crippen LogP contribution in [0.15, 0.2) is 22.8 Å². The lowest BCUT2D eigenvalue weighted by Crippen LogP contribution is -2.60. The SMILES string of the molecule is CC(=CCCC(C)C1CC(O)C2(C)C3=C(C(=O)CC12C)C1(C)CCC(=O)C(C)(C)C1CC3O)C(=O)O. The molecule has 2 saturated carbocycles. The van der Waals surface area contributed by atoms with E-state index in [-0.39, 0.29) is 29.3 Å². The molecular formula is C30H44O6. The number of aliphatic hydroxyl groups excluding tert-OH is 2. The number of ketones is 2. The van der Waals surface area contributed by atoms with E-state index in [1.54, 1.807) is 13.0 Å². The number of carbonyl (C=O) groups is 3. The fraction of sp³-hybridized carbons (Fsp3) is 0.767. The summed E-state index contributed by atoms with van der Waals surface area (Å²) in [7, 11) is 0. The van der Waals surface area contributed by atoms with Crippen LogP contribution in [0.1, 0.15) is 93.4 Å². The lowest BCUT2D eigenvalue weighted by molar-refractivity contribution is -0.146. The summed E-state index contributed by atoms with van der Waals surface area (Å²) in [5.74, 6) is -0.529. The van der Waals surface area contributed by atoms with E-state index in [9.17, 15) is 24.6 Å². The maximum Gasteiger partial charge on any atom is 0.330 e. The molecule has 0 aromatic rings. The third kappa shape index (κ3) is 3.53. The molecule has 4 aliphatic rings. The number of aliphatic hydroxyl groups is 2. The van der Waals surface area contributed by atoms with E-state index in [0.717, 1.165) is 12.0 Å². The summed E-state index contributed by atoms with van der Waals surface area (Å²) < 4.78 is 0. The second-order valence-electron chi connectivity index (χ2n) is 13.5. The Labute approximate surface area is 215 Å². The molecule has 200 valence electrons. The molecule has 3 N–H and O–H groups in total. The Morgan fingerprint density at radius 3 is 2.36 bits per heavy atom. The molecule has 4 rings (SSSR count). The number of allylic oxidation sites excluding steroid dienone is 2. The van der Waals surface area contributed by atoms with Gasteiger partial charge in [-0.3, -0.25) is 9.59 Å². The Bertz CT molecular complexity index is 1050. The van der Waals surface area contributed by atoms with Crippen molar-refractivity contribution in [3.63, 3.8) is 0 Å². The monoisotopic (exact) mass is 500 g/mol. The summed E-state index contributed by atoms with van der Waals surface area (Å²) in [6, 6.07) is 0. The van der Waals surface area contributed by atoms with Crippen molar-refractivity contribution in [1.82, 2.24) is 0 Å². The average Bonchev–Trinajstić information content (AvgIpc) is 2.99. The normalized spacial score (nSPS) is 43.1. The highest BCUT2D eigenvalue weighted by Crippen LogP contribution is 2.71. The van der Waals surface area contributed by atoms with E-state index < -0.39 is 39.8 Å². The third-order valence-corrected chi connectivity index (χ3v) is 11.5. The maximum absolute atomic E-state index is 14.1. The Hall–Kier alpha value is -1.79. The van der Waals surface area contributed by atoms with Gasteiger partial charge in [-0.1, -0.05) is 47.6 Å². The molecule has 8 atom stereocenters. The van der Waals surface area contributed by atoms with E-state index in [0.29, 0.717) is 49.7 Å². The van der Waals surface area contributed by atoms with E-state index >= 15 is 0 Å². The van der Waals surface area contributed by atoms with Gasteiger partial charge in [-0.2, -0.15) is 0 Å². The number of Topliss-reactive ketones (excluding diaryl/α,β-unsaturated/α-hetero) is 2. The third-order valence-electron chi connectivity index (χ3n) is 11.5. The summed E-state index contributed by atoms with van der Waals surface area (Å²) >= 11 is 0. The second-order valence-corrected chi connectivity index (χ2v) is 13.5. The number of carbonyl (C=O) groups excluding carboxylic acids is 2. The number of rotatable bonds is 5. The summed E-state index contributed by atoms with van der Waals surface area (Å²) in [6.45, 7) is 13.9. The van der Waals surface area contributed by atoms with Crippen LogP contribution in [0.3, 0.4) is 0 Å². The first-order valence-electron chi connectivity index (χ1n) is 13.6. The van der Waals surface area contributed by atoms with Crippen molar-refractivity contribution in [3.8, 4) is 0 Å². The lowest BCUT2D eigenvalue weighted by Gasteiger charge is -2.61. The quantitative estimate of drug-likeness (QED) is 0.464. The number of aliphatic carboxylic acids is 1. The van der Waals surface area contributed by atoms with Gasteiger partial charge in [0.05, 0.1) is 12.2 Å². The van der Waals surface area contributed by atoms with Crippen molar-refractivity contribution in [1.29, 1.82) is 0 Å². The summed E-state index contributed by atoms with van der Waals surface area (Å²) in [6.07, 6.45) is 3.94. The van der Waals surface area contributed by atoms with Crippen LogP contribution >= 0.6 is 0 Å². The van der Waals surface area contributed by atoms with Gasteiger partial charge in [0.15, 0.2) is 5.78 Å². The highest BCUT2D eigenvalue weighted by Gasteiger charge is 2.69. The predicted molar refractivity (Wildman–Crippen MR) is 137 cm³/mol. The summed E-state index contributed by atoms with van der Waals surface area (Å²) in [5, 5.41) is 32.4. The minimum atomic E-state index is -0.915. The van der Waals surface area contributed by atoms with Crippen LogP contribution in [-0.4, -0.2) is 45.1 Å². The number of fused-ring (bicyclic) bond motifs is 4. The van der Waals surface area contributed by atoms with Crippen molar-refractivity contribution in [2.45, 2.75) is 106 Å². The molecular weight excluding hydrogens is 456 g/mol. The average molecular weight is 501 g/mol. The molecule has 0 radical (unpaired) electrons. The van der Waals surface area contributed by atoms with E-state index in [1.807, 2.05) is 20.8 Å². The molecule has 0 saturated heterocycles. The summed E-state index contributed by atoms with van der Waals surface area (Å²) in [5.41, 5.74) is -0.599. The van der Waals surface area contributed by atoms with Gasteiger partial charge in [0, 0.05) is 40.2 Å². The number of carboxylic acid groups (broad SMARTS) is 1. The van der Waals surface area contributed by atoms with Gasteiger partial charge in [0.25, 0.3) is 0 Å². The van der Waals surface area contributed by atoms with Crippen molar-refractivity contribution < 1.29 is 29.7 Å². The zero-order valence-corrected chi connectivity index (χ0v) is 23.0. The Kier molecular flexibility index (Phi) is 6.53. The van der Waals surface area contributed by atoms with Crippen LogP contribution < -0.4 is 0 Å². The highest BCUT2D eigenvalue weighted by molar-refractivity contribution is 6.01. The van der Waals surface area contributed by atoms with Crippen LogP contribution in [-0.2, 0) is 14.4 Å². The Morgan fingerprint density at radius 2 is 1.75 bits per heavy atom. The molecule has 6 heteroatoms. The van der Waals surface area contributed by atoms with Crippen molar-refractivity contribution in [2.75, 3.05) is 0 Å². The molecule has 36 heavy (non-hydrogen) atoms. The number of hydrogen-bond donors (Lipinski definition) is 3. The highest BCUT2D eigenvalue weighted by atomic mass is 16.4. The van der Waals surface area contributed by atoms with Crippen molar-refractivity contribution in [3.05, 3.63) is 22.8 Å². The first-order chi connectivity index (χ1) is 16.5. The molecule has 6 nitrogen and oxygen atoms in total. The van der Waals surface area contributed by atoms with Gasteiger partial charge in [0.2, 0.25) is 0 Å². The molecule has 0 bridgehead atoms. The summed E-state index contributed by atoms with van der Waals surface area (Å²) in [4.78, 5) is 38.0. The molecule has 0 aromatic heterocycles. The smallest absolute Gasteiger partial charge is 0.330 e. The van der Waals surface area contributed by atoms with Crippen molar-refractivity contribution in [2.24, 2.45) is 39.4 Å².